The lowest BCUT2D eigenvalue weighted by Gasteiger charge is -2.05. The Bertz CT molecular complexity index is 1530. The lowest BCUT2D eigenvalue weighted by atomic mass is 10.1. The highest BCUT2D eigenvalue weighted by Crippen LogP contribution is 2.33. The molecule has 0 aliphatic rings. The fraction of sp³-hybridized carbons (Fsp3) is 0.130. The molecule has 9 heteroatoms. The molecule has 1 N–H and O–H groups in total. The summed E-state index contributed by atoms with van der Waals surface area (Å²) < 4.78 is 3.52. The van der Waals surface area contributed by atoms with Gasteiger partial charge in [-0.2, -0.15) is 0 Å². The minimum absolute atomic E-state index is 0.0531. The van der Waals surface area contributed by atoms with E-state index >= 15 is 0 Å². The minimum atomic E-state index is -0.135. The van der Waals surface area contributed by atoms with Crippen LogP contribution in [0.4, 0.5) is 5.69 Å². The number of aryl methyl sites for hydroxylation is 2. The molecule has 1 amide bonds. The molecule has 32 heavy (non-hydrogen) atoms. The molecule has 0 saturated heterocycles. The highest BCUT2D eigenvalue weighted by atomic mass is 32.2. The summed E-state index contributed by atoms with van der Waals surface area (Å²) >= 11 is 4.58. The Morgan fingerprint density at radius 1 is 1.12 bits per heavy atom. The van der Waals surface area contributed by atoms with Crippen molar-refractivity contribution >= 4 is 61.2 Å². The van der Waals surface area contributed by atoms with Crippen LogP contribution in [0.2, 0.25) is 0 Å². The first-order chi connectivity index (χ1) is 15.5. The van der Waals surface area contributed by atoms with Gasteiger partial charge in [0.05, 0.1) is 15.9 Å². The number of benzene rings is 2. The van der Waals surface area contributed by atoms with Crippen molar-refractivity contribution in [2.45, 2.75) is 23.9 Å². The van der Waals surface area contributed by atoms with Gasteiger partial charge in [0.15, 0.2) is 9.30 Å². The highest BCUT2D eigenvalue weighted by Gasteiger charge is 2.11. The molecule has 5 rings (SSSR count). The summed E-state index contributed by atoms with van der Waals surface area (Å²) in [6.07, 6.45) is 0. The number of carbonyl (C=O) groups excluding carboxylic acids is 1. The largest absolute Gasteiger partial charge is 0.322 e. The van der Waals surface area contributed by atoms with Gasteiger partial charge in [-0.05, 0) is 44.2 Å². The molecular formula is C23H18N4O2S3. The molecule has 3 aromatic heterocycles. The Labute approximate surface area is 196 Å². The zero-order valence-corrected chi connectivity index (χ0v) is 19.7. The number of hydrogen-bond acceptors (Lipinski definition) is 7. The van der Waals surface area contributed by atoms with Crippen molar-refractivity contribution < 1.29 is 4.79 Å². The normalized spacial score (nSPS) is 11.3. The highest BCUT2D eigenvalue weighted by molar-refractivity contribution is 8.00. The van der Waals surface area contributed by atoms with Gasteiger partial charge in [-0.1, -0.05) is 29.5 Å². The Balaban J connectivity index is 1.32. The Kier molecular flexibility index (Phi) is 5.54. The number of thiazole rings is 2. The third-order valence-electron chi connectivity index (χ3n) is 4.88. The van der Waals surface area contributed by atoms with E-state index in [0.717, 1.165) is 37.2 Å². The minimum Gasteiger partial charge on any atom is -0.322 e. The van der Waals surface area contributed by atoms with Crippen LogP contribution in [0, 0.1) is 13.8 Å². The van der Waals surface area contributed by atoms with Crippen molar-refractivity contribution in [3.8, 4) is 0 Å². The number of aromatic nitrogens is 3. The van der Waals surface area contributed by atoms with Gasteiger partial charge in [0.2, 0.25) is 0 Å². The van der Waals surface area contributed by atoms with E-state index in [1.165, 1.54) is 11.3 Å². The van der Waals surface area contributed by atoms with Crippen LogP contribution in [0.25, 0.3) is 15.2 Å². The van der Waals surface area contributed by atoms with Gasteiger partial charge in [-0.25, -0.2) is 9.97 Å². The van der Waals surface area contributed by atoms with E-state index in [1.54, 1.807) is 39.6 Å². The first kappa shape index (κ1) is 20.9. The molecule has 160 valence electrons. The molecule has 0 aliphatic heterocycles. The van der Waals surface area contributed by atoms with Crippen molar-refractivity contribution in [2.75, 3.05) is 5.32 Å². The molecule has 2 aromatic carbocycles. The molecule has 3 heterocycles. The topological polar surface area (TPSA) is 76.4 Å². The first-order valence-electron chi connectivity index (χ1n) is 9.84. The van der Waals surface area contributed by atoms with E-state index in [-0.39, 0.29) is 11.5 Å². The lowest BCUT2D eigenvalue weighted by molar-refractivity contribution is 0.102. The van der Waals surface area contributed by atoms with E-state index in [9.17, 15) is 9.59 Å². The maximum Gasteiger partial charge on any atom is 0.258 e. The maximum atomic E-state index is 12.5. The van der Waals surface area contributed by atoms with Crippen LogP contribution in [0.1, 0.15) is 27.3 Å². The quantitative estimate of drug-likeness (QED) is 0.336. The van der Waals surface area contributed by atoms with Crippen molar-refractivity contribution in [2.24, 2.45) is 0 Å². The van der Waals surface area contributed by atoms with E-state index in [2.05, 4.69) is 15.3 Å². The maximum absolute atomic E-state index is 12.5. The van der Waals surface area contributed by atoms with Crippen LogP contribution < -0.4 is 10.9 Å². The van der Waals surface area contributed by atoms with Gasteiger partial charge < -0.3 is 5.32 Å². The Morgan fingerprint density at radius 2 is 2.00 bits per heavy atom. The number of amides is 1. The SMILES string of the molecule is Cc1cccc(C(=O)Nc2ccc3nc(SCc4cc(=O)n5c(C)csc5n4)sc3c2)c1. The second-order valence-electron chi connectivity index (χ2n) is 7.36. The monoisotopic (exact) mass is 478 g/mol. The van der Waals surface area contributed by atoms with Crippen LogP contribution in [-0.2, 0) is 5.75 Å². The molecule has 0 fully saturated rings. The van der Waals surface area contributed by atoms with E-state index in [0.29, 0.717) is 16.3 Å². The third-order valence-corrected chi connectivity index (χ3v) is 8.02. The second-order valence-corrected chi connectivity index (χ2v) is 10.4. The van der Waals surface area contributed by atoms with E-state index in [4.69, 9.17) is 0 Å². The average Bonchev–Trinajstić information content (AvgIpc) is 3.35. The number of nitrogens with one attached hydrogen (secondary N) is 1. The fourth-order valence-electron chi connectivity index (χ4n) is 3.34. The standard InChI is InChI=1S/C23H18N4O2S3/c1-13-4-3-5-15(8-13)21(29)24-16-6-7-18-19(9-16)32-23(26-18)31-12-17-10-20(28)27-14(2)11-30-22(27)25-17/h3-11H,12H2,1-2H3,(H,24,29). The van der Waals surface area contributed by atoms with Crippen molar-refractivity contribution in [1.82, 2.24) is 14.4 Å². The average molecular weight is 479 g/mol. The molecule has 6 nitrogen and oxygen atoms in total. The van der Waals surface area contributed by atoms with Crippen molar-refractivity contribution in [1.29, 1.82) is 0 Å². The molecule has 5 aromatic rings. The zero-order chi connectivity index (χ0) is 22.2. The molecule has 0 bridgehead atoms. The van der Waals surface area contributed by atoms with Crippen LogP contribution in [0.15, 0.2) is 63.0 Å². The molecule has 0 atom stereocenters. The molecule has 0 spiro atoms. The zero-order valence-electron chi connectivity index (χ0n) is 17.3. The smallest absolute Gasteiger partial charge is 0.258 e. The van der Waals surface area contributed by atoms with Crippen molar-refractivity contribution in [3.05, 3.63) is 86.8 Å². The van der Waals surface area contributed by atoms with Gasteiger partial charge in [-0.3, -0.25) is 14.0 Å². The van der Waals surface area contributed by atoms with Gasteiger partial charge in [-0.15, -0.1) is 22.7 Å². The summed E-state index contributed by atoms with van der Waals surface area (Å²) in [6.45, 7) is 3.87. The number of nitrogens with zero attached hydrogens (tertiary/aromatic N) is 3. The number of carbonyl (C=O) groups is 1. The Morgan fingerprint density at radius 3 is 2.84 bits per heavy atom. The Hall–Kier alpha value is -3.01. The number of thioether (sulfide) groups is 1. The molecule has 0 saturated carbocycles. The summed E-state index contributed by atoms with van der Waals surface area (Å²) in [6, 6.07) is 14.8. The number of anilines is 1. The van der Waals surface area contributed by atoms with Gasteiger partial charge in [0, 0.05) is 34.1 Å². The van der Waals surface area contributed by atoms with Crippen LogP contribution in [0.3, 0.4) is 0 Å². The van der Waals surface area contributed by atoms with E-state index < -0.39 is 0 Å². The van der Waals surface area contributed by atoms with Gasteiger partial charge in [0.1, 0.15) is 0 Å². The summed E-state index contributed by atoms with van der Waals surface area (Å²) in [4.78, 5) is 34.9. The number of hydrogen-bond donors (Lipinski definition) is 1. The summed E-state index contributed by atoms with van der Waals surface area (Å²) in [5.41, 5.74) is 4.88. The van der Waals surface area contributed by atoms with Crippen LogP contribution in [0.5, 0.6) is 0 Å². The molecule has 0 unspecified atom stereocenters. The predicted molar refractivity (Wildman–Crippen MR) is 132 cm³/mol. The fourth-order valence-corrected chi connectivity index (χ4v) is 6.23. The predicted octanol–water partition coefficient (Wildman–Crippen LogP) is 5.53. The second kappa shape index (κ2) is 8.50. The number of fused-ring (bicyclic) bond motifs is 2. The summed E-state index contributed by atoms with van der Waals surface area (Å²) in [5, 5.41) is 4.89. The number of rotatable bonds is 5. The first-order valence-corrected chi connectivity index (χ1v) is 12.5. The van der Waals surface area contributed by atoms with Gasteiger partial charge >= 0.3 is 0 Å². The van der Waals surface area contributed by atoms with Gasteiger partial charge in [0.25, 0.3) is 11.5 Å². The van der Waals surface area contributed by atoms with Crippen LogP contribution >= 0.6 is 34.4 Å². The molecule has 0 radical (unpaired) electrons. The van der Waals surface area contributed by atoms with Crippen LogP contribution in [-0.4, -0.2) is 20.3 Å². The molecule has 0 aliphatic carbocycles. The summed E-state index contributed by atoms with van der Waals surface area (Å²) in [5.74, 6) is 0.433. The lowest BCUT2D eigenvalue weighted by Crippen LogP contribution is -2.14. The summed E-state index contributed by atoms with van der Waals surface area (Å²) in [7, 11) is 0. The van der Waals surface area contributed by atoms with Crippen molar-refractivity contribution in [3.63, 3.8) is 0 Å². The molecular weight excluding hydrogens is 460 g/mol. The van der Waals surface area contributed by atoms with E-state index in [1.807, 2.05) is 55.6 Å². The third kappa shape index (κ3) is 4.19.